The lowest BCUT2D eigenvalue weighted by Gasteiger charge is -2.03. The number of alkyl halides is 1. The summed E-state index contributed by atoms with van der Waals surface area (Å²) in [4.78, 5) is 5.76. The van der Waals surface area contributed by atoms with Gasteiger partial charge >= 0.3 is 0 Å². The summed E-state index contributed by atoms with van der Waals surface area (Å²) in [6, 6.07) is 0. The van der Waals surface area contributed by atoms with E-state index in [2.05, 4.69) is 24.1 Å². The van der Waals surface area contributed by atoms with E-state index in [-0.39, 0.29) is 5.38 Å². The van der Waals surface area contributed by atoms with Crippen LogP contribution in [0.5, 0.6) is 0 Å². The Morgan fingerprint density at radius 2 is 2.21 bits per heavy atom. The van der Waals surface area contributed by atoms with Crippen molar-refractivity contribution in [2.24, 2.45) is 0 Å². The number of rotatable bonds is 5. The van der Waals surface area contributed by atoms with E-state index < -0.39 is 0 Å². The van der Waals surface area contributed by atoms with E-state index in [1.165, 1.54) is 9.88 Å². The summed E-state index contributed by atoms with van der Waals surface area (Å²) >= 11 is 7.60. The van der Waals surface area contributed by atoms with Crippen LogP contribution in [0.4, 0.5) is 0 Å². The largest absolute Gasteiger partial charge is 0.310 e. The number of aromatic nitrogens is 1. The summed E-state index contributed by atoms with van der Waals surface area (Å²) in [6.07, 6.45) is 1.00. The Morgan fingerprint density at radius 1 is 1.50 bits per heavy atom. The second-order valence-electron chi connectivity index (χ2n) is 3.50. The number of aryl methyl sites for hydroxylation is 2. The van der Waals surface area contributed by atoms with Crippen molar-refractivity contribution >= 4 is 22.9 Å². The molecule has 1 aromatic rings. The van der Waals surface area contributed by atoms with E-state index >= 15 is 0 Å². The van der Waals surface area contributed by atoms with Crippen molar-refractivity contribution in [2.45, 2.75) is 39.1 Å². The topological polar surface area (TPSA) is 24.9 Å². The van der Waals surface area contributed by atoms with Crippen LogP contribution in [0.2, 0.25) is 0 Å². The molecule has 1 unspecified atom stereocenters. The first-order chi connectivity index (χ1) is 6.59. The van der Waals surface area contributed by atoms with Gasteiger partial charge in [-0.1, -0.05) is 0 Å². The second-order valence-corrected chi connectivity index (χ2v) is 5.53. The van der Waals surface area contributed by atoms with Crippen LogP contribution >= 0.6 is 22.9 Å². The molecule has 0 aliphatic carbocycles. The maximum absolute atomic E-state index is 5.84. The van der Waals surface area contributed by atoms with Gasteiger partial charge in [0.15, 0.2) is 0 Å². The molecule has 0 aliphatic heterocycles. The van der Waals surface area contributed by atoms with Crippen LogP contribution in [0.25, 0.3) is 0 Å². The Balaban J connectivity index is 2.25. The third kappa shape index (κ3) is 3.95. The maximum atomic E-state index is 5.84. The highest BCUT2D eigenvalue weighted by atomic mass is 35.5. The maximum Gasteiger partial charge on any atom is 0.107 e. The number of nitrogens with one attached hydrogen (secondary N) is 1. The van der Waals surface area contributed by atoms with E-state index in [1.54, 1.807) is 11.3 Å². The van der Waals surface area contributed by atoms with Gasteiger partial charge < -0.3 is 5.32 Å². The molecular weight excluding hydrogens is 216 g/mol. The van der Waals surface area contributed by atoms with Crippen LogP contribution in [-0.2, 0) is 6.54 Å². The summed E-state index contributed by atoms with van der Waals surface area (Å²) in [7, 11) is 0. The van der Waals surface area contributed by atoms with Crippen LogP contribution in [-0.4, -0.2) is 16.9 Å². The normalized spacial score (nSPS) is 13.1. The fourth-order valence-electron chi connectivity index (χ4n) is 1.11. The molecule has 1 N–H and O–H groups in total. The first-order valence-electron chi connectivity index (χ1n) is 4.87. The number of halogens is 1. The van der Waals surface area contributed by atoms with Gasteiger partial charge in [-0.05, 0) is 33.7 Å². The standard InChI is InChI=1S/C10H17ClN2S/c1-7(11)4-5-12-6-10-13-8(2)9(3)14-10/h7,12H,4-6H2,1-3H3. The van der Waals surface area contributed by atoms with Gasteiger partial charge in [0.25, 0.3) is 0 Å². The summed E-state index contributed by atoms with van der Waals surface area (Å²) in [5, 5.41) is 4.76. The summed E-state index contributed by atoms with van der Waals surface area (Å²) < 4.78 is 0. The van der Waals surface area contributed by atoms with E-state index in [1.807, 2.05) is 6.92 Å². The molecular formula is C10H17ClN2S. The molecule has 1 heterocycles. The third-order valence-corrected chi connectivity index (χ3v) is 3.36. The van der Waals surface area contributed by atoms with Gasteiger partial charge in [0.2, 0.25) is 0 Å². The minimum absolute atomic E-state index is 0.252. The van der Waals surface area contributed by atoms with E-state index in [9.17, 15) is 0 Å². The average molecular weight is 233 g/mol. The van der Waals surface area contributed by atoms with Gasteiger partial charge in [-0.3, -0.25) is 0 Å². The Kier molecular flexibility index (Phi) is 4.85. The molecule has 2 nitrogen and oxygen atoms in total. The fraction of sp³-hybridized carbons (Fsp3) is 0.700. The van der Waals surface area contributed by atoms with Crippen molar-refractivity contribution in [3.63, 3.8) is 0 Å². The number of hydrogen-bond donors (Lipinski definition) is 1. The quantitative estimate of drug-likeness (QED) is 0.624. The number of thiazole rings is 1. The average Bonchev–Trinajstić information content (AvgIpc) is 2.40. The molecule has 0 aromatic carbocycles. The highest BCUT2D eigenvalue weighted by Gasteiger charge is 2.02. The Bertz CT molecular complexity index is 264. The third-order valence-electron chi connectivity index (χ3n) is 2.07. The van der Waals surface area contributed by atoms with Gasteiger partial charge in [-0.15, -0.1) is 22.9 Å². The fourth-order valence-corrected chi connectivity index (χ4v) is 2.12. The molecule has 1 aromatic heterocycles. The highest BCUT2D eigenvalue weighted by Crippen LogP contribution is 2.15. The van der Waals surface area contributed by atoms with E-state index in [0.29, 0.717) is 0 Å². The van der Waals surface area contributed by atoms with Gasteiger partial charge in [0.1, 0.15) is 5.01 Å². The summed E-state index contributed by atoms with van der Waals surface area (Å²) in [5.74, 6) is 0. The Hall–Kier alpha value is -0.120. The lowest BCUT2D eigenvalue weighted by molar-refractivity contribution is 0.642. The molecule has 0 spiro atoms. The van der Waals surface area contributed by atoms with Crippen molar-refractivity contribution in [3.8, 4) is 0 Å². The predicted molar refractivity (Wildman–Crippen MR) is 63.2 cm³/mol. The molecule has 1 atom stereocenters. The first-order valence-corrected chi connectivity index (χ1v) is 6.12. The molecule has 0 saturated carbocycles. The van der Waals surface area contributed by atoms with Gasteiger partial charge in [0, 0.05) is 16.8 Å². The van der Waals surface area contributed by atoms with Crippen LogP contribution < -0.4 is 5.32 Å². The van der Waals surface area contributed by atoms with Gasteiger partial charge in [0.05, 0.1) is 5.69 Å². The SMILES string of the molecule is Cc1nc(CNCCC(C)Cl)sc1C. The smallest absolute Gasteiger partial charge is 0.107 e. The van der Waals surface area contributed by atoms with Crippen LogP contribution in [0.1, 0.15) is 28.9 Å². The van der Waals surface area contributed by atoms with Crippen LogP contribution in [0.15, 0.2) is 0 Å². The molecule has 80 valence electrons. The highest BCUT2D eigenvalue weighted by molar-refractivity contribution is 7.11. The monoisotopic (exact) mass is 232 g/mol. The molecule has 0 radical (unpaired) electrons. The molecule has 0 bridgehead atoms. The molecule has 0 saturated heterocycles. The van der Waals surface area contributed by atoms with Crippen molar-refractivity contribution in [2.75, 3.05) is 6.54 Å². The minimum Gasteiger partial charge on any atom is -0.310 e. The van der Waals surface area contributed by atoms with Crippen LogP contribution in [0, 0.1) is 13.8 Å². The molecule has 14 heavy (non-hydrogen) atoms. The van der Waals surface area contributed by atoms with Crippen molar-refractivity contribution in [1.82, 2.24) is 10.3 Å². The molecule has 0 fully saturated rings. The first kappa shape index (κ1) is 12.0. The number of hydrogen-bond acceptors (Lipinski definition) is 3. The Morgan fingerprint density at radius 3 is 2.71 bits per heavy atom. The minimum atomic E-state index is 0.252. The van der Waals surface area contributed by atoms with Crippen molar-refractivity contribution in [1.29, 1.82) is 0 Å². The van der Waals surface area contributed by atoms with Crippen LogP contribution in [0.3, 0.4) is 0 Å². The van der Waals surface area contributed by atoms with Crippen molar-refractivity contribution < 1.29 is 0 Å². The molecule has 4 heteroatoms. The lowest BCUT2D eigenvalue weighted by atomic mass is 10.3. The zero-order valence-electron chi connectivity index (χ0n) is 8.93. The van der Waals surface area contributed by atoms with Crippen molar-refractivity contribution in [3.05, 3.63) is 15.6 Å². The van der Waals surface area contributed by atoms with Gasteiger partial charge in [-0.2, -0.15) is 0 Å². The zero-order valence-corrected chi connectivity index (χ0v) is 10.5. The second kappa shape index (κ2) is 5.69. The molecule has 1 rings (SSSR count). The Labute approximate surface area is 94.7 Å². The summed E-state index contributed by atoms with van der Waals surface area (Å²) in [6.45, 7) is 8.00. The zero-order chi connectivity index (χ0) is 10.6. The number of nitrogens with zero attached hydrogens (tertiary/aromatic N) is 1. The lowest BCUT2D eigenvalue weighted by Crippen LogP contribution is -2.16. The predicted octanol–water partition coefficient (Wildman–Crippen LogP) is 2.87. The molecule has 0 aliphatic rings. The van der Waals surface area contributed by atoms with E-state index in [0.717, 1.165) is 25.2 Å². The summed E-state index contributed by atoms with van der Waals surface area (Å²) in [5.41, 5.74) is 1.15. The van der Waals surface area contributed by atoms with Gasteiger partial charge in [-0.25, -0.2) is 4.98 Å². The molecule has 0 amide bonds. The van der Waals surface area contributed by atoms with E-state index in [4.69, 9.17) is 11.6 Å².